The van der Waals surface area contributed by atoms with Crippen molar-refractivity contribution in [1.29, 1.82) is 0 Å². The van der Waals surface area contributed by atoms with Crippen LogP contribution < -0.4 is 15.5 Å². The van der Waals surface area contributed by atoms with Crippen LogP contribution in [0.5, 0.6) is 0 Å². The molecule has 0 spiro atoms. The molecule has 2 aromatic rings. The maximum atomic E-state index is 15.2. The first-order valence-corrected chi connectivity index (χ1v) is 14.3. The fourth-order valence-corrected chi connectivity index (χ4v) is 6.00. The van der Waals surface area contributed by atoms with Gasteiger partial charge in [0.15, 0.2) is 0 Å². The van der Waals surface area contributed by atoms with Crippen molar-refractivity contribution < 1.29 is 31.9 Å². The number of halogens is 4. The highest BCUT2D eigenvalue weighted by atomic mass is 19.4. The number of rotatable bonds is 7. The number of nitrogens with zero attached hydrogens (tertiary/aromatic N) is 3. The van der Waals surface area contributed by atoms with Gasteiger partial charge in [-0.3, -0.25) is 14.5 Å². The van der Waals surface area contributed by atoms with Gasteiger partial charge in [0.1, 0.15) is 5.82 Å². The highest BCUT2D eigenvalue weighted by Crippen LogP contribution is 2.39. The van der Waals surface area contributed by atoms with Crippen molar-refractivity contribution in [3.8, 4) is 11.1 Å². The molecule has 2 amide bonds. The highest BCUT2D eigenvalue weighted by molar-refractivity contribution is 5.98. The van der Waals surface area contributed by atoms with Gasteiger partial charge in [0.25, 0.3) is 0 Å². The summed E-state index contributed by atoms with van der Waals surface area (Å²) >= 11 is 0. The van der Waals surface area contributed by atoms with E-state index in [-0.39, 0.29) is 6.04 Å². The minimum Gasteiger partial charge on any atom is -0.379 e. The van der Waals surface area contributed by atoms with Crippen molar-refractivity contribution in [2.45, 2.75) is 31.6 Å². The molecule has 3 heterocycles. The van der Waals surface area contributed by atoms with E-state index in [1.54, 1.807) is 30.3 Å². The Morgan fingerprint density at radius 3 is 2.57 bits per heavy atom. The second-order valence-corrected chi connectivity index (χ2v) is 11.5. The monoisotopic (exact) mass is 591 g/mol. The summed E-state index contributed by atoms with van der Waals surface area (Å²) in [5.41, 5.74) is 2.73. The summed E-state index contributed by atoms with van der Waals surface area (Å²) in [6.45, 7) is 4.43. The summed E-state index contributed by atoms with van der Waals surface area (Å²) in [6, 6.07) is 10.4. The number of benzene rings is 2. The van der Waals surface area contributed by atoms with E-state index in [0.717, 1.165) is 25.1 Å². The first-order chi connectivity index (χ1) is 20.0. The predicted octanol–water partition coefficient (Wildman–Crippen LogP) is 3.72. The molecule has 0 aliphatic carbocycles. The van der Waals surface area contributed by atoms with Crippen molar-refractivity contribution in [2.24, 2.45) is 11.8 Å². The normalized spacial score (nSPS) is 23.7. The molecule has 0 aromatic heterocycles. The number of nitrogens with one attached hydrogen (secondary N) is 2. The first kappa shape index (κ1) is 30.2. The third kappa shape index (κ3) is 6.87. The number of morpholine rings is 1. The van der Waals surface area contributed by atoms with E-state index < -0.39 is 48.6 Å². The Bertz CT molecular complexity index is 1300. The summed E-state index contributed by atoms with van der Waals surface area (Å²) in [7, 11) is 3.97. The number of carbonyl (C=O) groups is 2. The molecule has 3 atom stereocenters. The topological polar surface area (TPSA) is 77.2 Å². The molecule has 12 heteroatoms. The maximum Gasteiger partial charge on any atom is 0.393 e. The van der Waals surface area contributed by atoms with E-state index >= 15 is 4.39 Å². The third-order valence-corrected chi connectivity index (χ3v) is 8.51. The lowest BCUT2D eigenvalue weighted by atomic mass is 9.84. The Balaban J connectivity index is 1.46. The summed E-state index contributed by atoms with van der Waals surface area (Å²) in [5, 5.41) is 5.13. The van der Waals surface area contributed by atoms with Gasteiger partial charge in [-0.2, -0.15) is 13.2 Å². The van der Waals surface area contributed by atoms with Crippen molar-refractivity contribution >= 4 is 23.2 Å². The van der Waals surface area contributed by atoms with Crippen molar-refractivity contribution in [1.82, 2.24) is 15.1 Å². The van der Waals surface area contributed by atoms with E-state index in [1.165, 1.54) is 6.07 Å². The zero-order chi connectivity index (χ0) is 30.0. The molecule has 8 nitrogen and oxygen atoms in total. The molecule has 0 bridgehead atoms. The van der Waals surface area contributed by atoms with E-state index in [1.807, 2.05) is 14.1 Å². The molecule has 3 saturated heterocycles. The number of likely N-dealkylation sites (N-methyl/N-ethyl adjacent to an activating group) is 1. The van der Waals surface area contributed by atoms with Gasteiger partial charge in [0.2, 0.25) is 11.8 Å². The fourth-order valence-electron chi connectivity index (χ4n) is 6.00. The predicted molar refractivity (Wildman–Crippen MR) is 152 cm³/mol. The molecule has 42 heavy (non-hydrogen) atoms. The molecule has 0 saturated carbocycles. The second-order valence-electron chi connectivity index (χ2n) is 11.5. The number of hydrogen-bond acceptors (Lipinski definition) is 6. The number of carbonyl (C=O) groups excluding carboxylic acids is 2. The van der Waals surface area contributed by atoms with Gasteiger partial charge >= 0.3 is 6.18 Å². The van der Waals surface area contributed by atoms with Crippen LogP contribution in [0.3, 0.4) is 0 Å². The van der Waals surface area contributed by atoms with E-state index in [2.05, 4.69) is 25.3 Å². The van der Waals surface area contributed by atoms with Gasteiger partial charge in [0, 0.05) is 57.3 Å². The van der Waals surface area contributed by atoms with E-state index in [9.17, 15) is 22.8 Å². The molecule has 5 rings (SSSR count). The lowest BCUT2D eigenvalue weighted by molar-refractivity contribution is -0.197. The molecule has 3 aliphatic rings. The van der Waals surface area contributed by atoms with Crippen molar-refractivity contribution in [2.75, 3.05) is 70.2 Å². The van der Waals surface area contributed by atoms with Gasteiger partial charge in [-0.15, -0.1) is 0 Å². The number of hydrogen-bond donors (Lipinski definition) is 2. The lowest BCUT2D eigenvalue weighted by Crippen LogP contribution is -2.50. The van der Waals surface area contributed by atoms with Gasteiger partial charge < -0.3 is 25.2 Å². The molecule has 3 aliphatic heterocycles. The Kier molecular flexibility index (Phi) is 9.05. The van der Waals surface area contributed by atoms with Gasteiger partial charge in [-0.25, -0.2) is 4.39 Å². The van der Waals surface area contributed by atoms with Crippen LogP contribution in [0.4, 0.5) is 28.9 Å². The van der Waals surface area contributed by atoms with Crippen LogP contribution in [-0.4, -0.2) is 93.9 Å². The van der Waals surface area contributed by atoms with Gasteiger partial charge in [0.05, 0.1) is 36.4 Å². The largest absolute Gasteiger partial charge is 0.393 e. The minimum absolute atomic E-state index is 0.269. The molecule has 3 fully saturated rings. The zero-order valence-electron chi connectivity index (χ0n) is 23.8. The van der Waals surface area contributed by atoms with Crippen LogP contribution >= 0.6 is 0 Å². The molecular weight excluding hydrogens is 554 g/mol. The zero-order valence-corrected chi connectivity index (χ0v) is 23.8. The van der Waals surface area contributed by atoms with Crippen LogP contribution in [0.15, 0.2) is 36.4 Å². The Hall–Kier alpha value is -3.22. The van der Waals surface area contributed by atoms with Crippen LogP contribution in [0.25, 0.3) is 11.1 Å². The molecule has 0 radical (unpaired) electrons. The second kappa shape index (κ2) is 12.6. The Morgan fingerprint density at radius 2 is 1.88 bits per heavy atom. The molecule has 3 unspecified atom stereocenters. The smallest absolute Gasteiger partial charge is 0.379 e. The maximum absolute atomic E-state index is 15.2. The highest BCUT2D eigenvalue weighted by Gasteiger charge is 2.50. The van der Waals surface area contributed by atoms with Crippen molar-refractivity contribution in [3.63, 3.8) is 0 Å². The van der Waals surface area contributed by atoms with Crippen LogP contribution in [0.2, 0.25) is 0 Å². The number of alkyl halides is 3. The molecular formula is C30H37F4N5O3. The quantitative estimate of drug-likeness (QED) is 0.479. The first-order valence-electron chi connectivity index (χ1n) is 14.3. The summed E-state index contributed by atoms with van der Waals surface area (Å²) in [4.78, 5) is 31.6. The number of ether oxygens (including phenoxy) is 1. The van der Waals surface area contributed by atoms with Gasteiger partial charge in [-0.05, 0) is 55.9 Å². The van der Waals surface area contributed by atoms with Gasteiger partial charge in [-0.1, -0.05) is 12.1 Å². The molecule has 2 aromatic carbocycles. The average molecular weight is 592 g/mol. The third-order valence-electron chi connectivity index (χ3n) is 8.51. The molecule has 2 N–H and O–H groups in total. The van der Waals surface area contributed by atoms with E-state index in [0.29, 0.717) is 55.3 Å². The van der Waals surface area contributed by atoms with Crippen molar-refractivity contribution in [3.05, 3.63) is 47.8 Å². The summed E-state index contributed by atoms with van der Waals surface area (Å²) in [6.07, 6.45) is -4.63. The standard InChI is InChI=1S/C30H37F4N5O3/c1-37(2)21-7-8-39(18-21)27-6-4-20(22-13-19(3-5-25(22)31)17-38-9-11-42-12-10-38)14-26(27)36-29(41)23-16-35-28(40)15-24(23)30(32,33)34/h3-6,13-14,21,23-24H,7-12,15-18H2,1-2H3,(H,35,40)(H,36,41). The Morgan fingerprint density at radius 1 is 1.12 bits per heavy atom. The van der Waals surface area contributed by atoms with Crippen LogP contribution in [0.1, 0.15) is 18.4 Å². The SMILES string of the molecule is CN(C)C1CCN(c2ccc(-c3cc(CN4CCOCC4)ccc3F)cc2NC(=O)C2CNC(=O)CC2C(F)(F)F)C1. The number of amides is 2. The average Bonchev–Trinajstić information content (AvgIpc) is 3.45. The minimum atomic E-state index is -4.71. The van der Waals surface area contributed by atoms with Crippen LogP contribution in [0, 0.1) is 17.7 Å². The summed E-state index contributed by atoms with van der Waals surface area (Å²) < 4.78 is 62.0. The number of piperidine rings is 1. The lowest BCUT2D eigenvalue weighted by Gasteiger charge is -2.32. The number of anilines is 2. The van der Waals surface area contributed by atoms with E-state index in [4.69, 9.17) is 4.74 Å². The summed E-state index contributed by atoms with van der Waals surface area (Å²) in [5.74, 6) is -5.58. The molecule has 228 valence electrons. The fraction of sp³-hybridized carbons (Fsp3) is 0.533. The van der Waals surface area contributed by atoms with Crippen LogP contribution in [-0.2, 0) is 20.9 Å². The Labute approximate surface area is 243 Å².